The molecular formula is C32H32N2O9. The number of nitrogens with zero attached hydrogens (tertiary/aromatic N) is 1. The molecule has 3 aromatic rings. The maximum atomic E-state index is 14.3. The number of hydrogen-bond donors (Lipinski definition) is 3. The molecule has 3 N–H and O–H groups in total. The number of aldehydes is 1. The van der Waals surface area contributed by atoms with Gasteiger partial charge in [0, 0.05) is 34.7 Å². The Morgan fingerprint density at radius 1 is 1.16 bits per heavy atom. The summed E-state index contributed by atoms with van der Waals surface area (Å²) >= 11 is 0. The lowest BCUT2D eigenvalue weighted by atomic mass is 9.77. The Kier molecular flexibility index (Phi) is 7.76. The predicted molar refractivity (Wildman–Crippen MR) is 154 cm³/mol. The molecule has 4 atom stereocenters. The van der Waals surface area contributed by atoms with E-state index in [0.29, 0.717) is 41.2 Å². The topological polar surface area (TPSA) is 156 Å². The van der Waals surface area contributed by atoms with Gasteiger partial charge in [0.05, 0.1) is 25.7 Å². The predicted octanol–water partition coefficient (Wildman–Crippen LogP) is 2.32. The number of ether oxygens (including phenoxy) is 2. The van der Waals surface area contributed by atoms with Crippen LogP contribution in [0.15, 0.2) is 63.3 Å². The van der Waals surface area contributed by atoms with Crippen molar-refractivity contribution in [1.82, 2.24) is 10.2 Å². The molecular weight excluding hydrogens is 556 g/mol. The molecule has 0 spiro atoms. The third-order valence-corrected chi connectivity index (χ3v) is 8.56. The van der Waals surface area contributed by atoms with Gasteiger partial charge in [-0.15, -0.1) is 0 Å². The van der Waals surface area contributed by atoms with E-state index in [1.807, 2.05) is 0 Å². The smallest absolute Gasteiger partial charge is 0.349 e. The lowest BCUT2D eigenvalue weighted by Crippen LogP contribution is -2.58. The van der Waals surface area contributed by atoms with Gasteiger partial charge in [-0.25, -0.2) is 4.79 Å². The fraction of sp³-hybridized carbons (Fsp3) is 0.375. The van der Waals surface area contributed by atoms with Gasteiger partial charge in [0.15, 0.2) is 11.5 Å². The van der Waals surface area contributed by atoms with Gasteiger partial charge in [0.1, 0.15) is 29.6 Å². The summed E-state index contributed by atoms with van der Waals surface area (Å²) < 4.78 is 17.2. The Hall–Kier alpha value is -4.48. The summed E-state index contributed by atoms with van der Waals surface area (Å²) in [6.45, 7) is -0.310. The summed E-state index contributed by atoms with van der Waals surface area (Å²) in [6, 6.07) is 10.1. The van der Waals surface area contributed by atoms with Crippen LogP contribution in [0.3, 0.4) is 0 Å². The third kappa shape index (κ3) is 4.98. The molecule has 1 fully saturated rings. The molecule has 43 heavy (non-hydrogen) atoms. The monoisotopic (exact) mass is 588 g/mol. The van der Waals surface area contributed by atoms with Gasteiger partial charge in [-0.3, -0.25) is 14.4 Å². The van der Waals surface area contributed by atoms with E-state index in [-0.39, 0.29) is 41.8 Å². The van der Waals surface area contributed by atoms with Crippen molar-refractivity contribution >= 4 is 29.1 Å². The van der Waals surface area contributed by atoms with Crippen LogP contribution in [-0.2, 0) is 4.79 Å². The van der Waals surface area contributed by atoms with Crippen molar-refractivity contribution in [2.24, 2.45) is 0 Å². The van der Waals surface area contributed by atoms with Gasteiger partial charge in [-0.2, -0.15) is 0 Å². The SMILES string of the molecule is COc1cc(C=O)cc2c1OC1C2C(C(=O)NCCO)=CC(N(C(=O)c2cc3ccccc3oc2=O)C2CCCC2)C1O. The summed E-state index contributed by atoms with van der Waals surface area (Å²) in [5, 5.41) is 24.5. The van der Waals surface area contributed by atoms with E-state index in [2.05, 4.69) is 5.32 Å². The van der Waals surface area contributed by atoms with Gasteiger partial charge in [-0.1, -0.05) is 31.0 Å². The average Bonchev–Trinajstić information content (AvgIpc) is 3.69. The van der Waals surface area contributed by atoms with Crippen LogP contribution in [0.2, 0.25) is 0 Å². The summed E-state index contributed by atoms with van der Waals surface area (Å²) in [7, 11) is 1.43. The standard InChI is InChI=1S/C32H32N2O9/c1-41-25-13-17(16-36)12-20-26-21(30(38)33-10-11-35)15-23(27(37)29(26)43-28(20)25)34(19-7-3-4-8-19)31(39)22-14-18-6-2-5-9-24(18)42-32(22)40/h2,5-6,9,12-16,19,23,26-27,29,35,37H,3-4,7-8,10-11H2,1H3,(H,33,38). The van der Waals surface area contributed by atoms with Crippen LogP contribution in [-0.4, -0.2) is 77.8 Å². The number of methoxy groups -OCH3 is 1. The minimum absolute atomic E-state index is 0.0183. The number of hydrogen-bond acceptors (Lipinski definition) is 9. The Bertz CT molecular complexity index is 1670. The molecule has 1 aromatic heterocycles. The van der Waals surface area contributed by atoms with Crippen molar-refractivity contribution in [3.8, 4) is 11.5 Å². The largest absolute Gasteiger partial charge is 0.493 e. The van der Waals surface area contributed by atoms with Crippen LogP contribution < -0.4 is 20.4 Å². The first-order chi connectivity index (χ1) is 20.9. The number of carbonyl (C=O) groups is 3. The number of benzene rings is 2. The van der Waals surface area contributed by atoms with E-state index >= 15 is 0 Å². The van der Waals surface area contributed by atoms with Gasteiger partial charge in [-0.05, 0) is 43.2 Å². The highest BCUT2D eigenvalue weighted by atomic mass is 16.5. The first-order valence-electron chi connectivity index (χ1n) is 14.3. The van der Waals surface area contributed by atoms with Crippen molar-refractivity contribution in [2.75, 3.05) is 20.3 Å². The number of fused-ring (bicyclic) bond motifs is 4. The summed E-state index contributed by atoms with van der Waals surface area (Å²) in [6.07, 6.45) is 2.90. The first-order valence-corrected chi connectivity index (χ1v) is 14.3. The van der Waals surface area contributed by atoms with Crippen molar-refractivity contribution in [3.05, 3.63) is 81.2 Å². The van der Waals surface area contributed by atoms with Crippen LogP contribution in [0.5, 0.6) is 11.5 Å². The second-order valence-electron chi connectivity index (χ2n) is 11.0. The number of carbonyl (C=O) groups excluding carboxylic acids is 3. The third-order valence-electron chi connectivity index (χ3n) is 8.56. The molecule has 0 saturated heterocycles. The van der Waals surface area contributed by atoms with Gasteiger partial charge >= 0.3 is 5.63 Å². The highest BCUT2D eigenvalue weighted by Crippen LogP contribution is 2.51. The molecule has 1 aliphatic heterocycles. The average molecular weight is 589 g/mol. The summed E-state index contributed by atoms with van der Waals surface area (Å²) in [5.74, 6) is -1.36. The molecule has 3 aliphatic rings. The van der Waals surface area contributed by atoms with E-state index in [9.17, 15) is 29.4 Å². The zero-order chi connectivity index (χ0) is 30.2. The maximum absolute atomic E-state index is 14.3. The fourth-order valence-electron chi connectivity index (χ4n) is 6.61. The molecule has 2 aliphatic carbocycles. The zero-order valence-electron chi connectivity index (χ0n) is 23.5. The van der Waals surface area contributed by atoms with Crippen molar-refractivity contribution in [1.29, 1.82) is 0 Å². The van der Waals surface area contributed by atoms with E-state index in [1.165, 1.54) is 24.1 Å². The van der Waals surface area contributed by atoms with Crippen molar-refractivity contribution in [2.45, 2.75) is 55.9 Å². The van der Waals surface area contributed by atoms with Gasteiger partial charge < -0.3 is 34.3 Å². The van der Waals surface area contributed by atoms with Crippen molar-refractivity contribution in [3.63, 3.8) is 0 Å². The van der Waals surface area contributed by atoms with E-state index < -0.39 is 41.6 Å². The summed E-state index contributed by atoms with van der Waals surface area (Å²) in [5.41, 5.74) is 0.378. The molecule has 11 heteroatoms. The highest BCUT2D eigenvalue weighted by Gasteiger charge is 2.52. The highest BCUT2D eigenvalue weighted by molar-refractivity contribution is 5.99. The Morgan fingerprint density at radius 2 is 1.93 bits per heavy atom. The van der Waals surface area contributed by atoms with Crippen molar-refractivity contribution < 1.29 is 38.5 Å². The Balaban J connectivity index is 1.48. The molecule has 4 unspecified atom stereocenters. The minimum Gasteiger partial charge on any atom is -0.493 e. The molecule has 0 radical (unpaired) electrons. The molecule has 224 valence electrons. The summed E-state index contributed by atoms with van der Waals surface area (Å²) in [4.78, 5) is 54.1. The first kappa shape index (κ1) is 28.6. The van der Waals surface area contributed by atoms with Crippen LogP contribution >= 0.6 is 0 Å². The quantitative estimate of drug-likeness (QED) is 0.266. The molecule has 2 aromatic carbocycles. The van der Waals surface area contributed by atoms with E-state index in [0.717, 1.165) is 12.8 Å². The van der Waals surface area contributed by atoms with Gasteiger partial charge in [0.2, 0.25) is 5.91 Å². The van der Waals surface area contributed by atoms with Gasteiger partial charge in [0.25, 0.3) is 5.91 Å². The maximum Gasteiger partial charge on any atom is 0.349 e. The zero-order valence-corrected chi connectivity index (χ0v) is 23.5. The van der Waals surface area contributed by atoms with Crippen LogP contribution in [0.4, 0.5) is 0 Å². The minimum atomic E-state index is -1.31. The lowest BCUT2D eigenvalue weighted by molar-refractivity contribution is -0.118. The number of nitrogens with one attached hydrogen (secondary N) is 1. The fourth-order valence-corrected chi connectivity index (χ4v) is 6.61. The number of amides is 2. The molecule has 2 amide bonds. The number of aliphatic hydroxyl groups excluding tert-OH is 2. The number of para-hydroxylation sites is 1. The van der Waals surface area contributed by atoms with Crippen LogP contribution in [0, 0.1) is 0 Å². The second kappa shape index (κ2) is 11.7. The molecule has 1 saturated carbocycles. The van der Waals surface area contributed by atoms with Crippen LogP contribution in [0.1, 0.15) is 57.9 Å². The molecule has 2 heterocycles. The van der Waals surface area contributed by atoms with E-state index in [4.69, 9.17) is 13.9 Å². The molecule has 6 rings (SSSR count). The normalized spacial score (nSPS) is 22.7. The lowest BCUT2D eigenvalue weighted by Gasteiger charge is -2.43. The molecule has 0 bridgehead atoms. The van der Waals surface area contributed by atoms with Crippen LogP contribution in [0.25, 0.3) is 11.0 Å². The Labute approximate surface area is 246 Å². The number of rotatable bonds is 8. The van der Waals surface area contributed by atoms with E-state index in [1.54, 1.807) is 36.4 Å². The Morgan fingerprint density at radius 3 is 2.65 bits per heavy atom. The number of aliphatic hydroxyl groups is 2. The second-order valence-corrected chi connectivity index (χ2v) is 11.0. The molecule has 11 nitrogen and oxygen atoms in total.